The lowest BCUT2D eigenvalue weighted by atomic mass is 9.94. The molecule has 1 heterocycles. The maximum Gasteiger partial charge on any atom is 0.0403 e. The van der Waals surface area contributed by atoms with Crippen LogP contribution in [0.3, 0.4) is 0 Å². The van der Waals surface area contributed by atoms with Crippen molar-refractivity contribution in [1.29, 1.82) is 0 Å². The lowest BCUT2D eigenvalue weighted by Gasteiger charge is -2.38. The van der Waals surface area contributed by atoms with Crippen LogP contribution in [0.2, 0.25) is 0 Å². The highest BCUT2D eigenvalue weighted by molar-refractivity contribution is 5.68. The summed E-state index contributed by atoms with van der Waals surface area (Å²) in [5.41, 5.74) is 4.47. The second-order valence-electron chi connectivity index (χ2n) is 5.21. The minimum absolute atomic E-state index is 1.17. The second-order valence-corrected chi connectivity index (χ2v) is 5.21. The molecule has 0 spiro atoms. The van der Waals surface area contributed by atoms with Crippen molar-refractivity contribution in [2.24, 2.45) is 0 Å². The Hall–Kier alpha value is -1.28. The summed E-state index contributed by atoms with van der Waals surface area (Å²) < 4.78 is 0. The van der Waals surface area contributed by atoms with Crippen molar-refractivity contribution in [1.82, 2.24) is 9.80 Å². The van der Waals surface area contributed by atoms with E-state index in [1.54, 1.807) is 0 Å². The van der Waals surface area contributed by atoms with Gasteiger partial charge in [0.25, 0.3) is 0 Å². The van der Waals surface area contributed by atoms with Crippen LogP contribution < -0.4 is 0 Å². The predicted molar refractivity (Wildman–Crippen MR) is 76.4 cm³/mol. The lowest BCUT2D eigenvalue weighted by molar-refractivity contribution is 0.182. The number of piperazine rings is 1. The van der Waals surface area contributed by atoms with Crippen molar-refractivity contribution in [3.05, 3.63) is 41.5 Å². The van der Waals surface area contributed by atoms with Crippen molar-refractivity contribution in [3.8, 4) is 0 Å². The van der Waals surface area contributed by atoms with E-state index in [0.717, 1.165) is 0 Å². The fourth-order valence-electron chi connectivity index (χ4n) is 3.07. The zero-order valence-electron chi connectivity index (χ0n) is 11.2. The summed E-state index contributed by atoms with van der Waals surface area (Å²) >= 11 is 0. The van der Waals surface area contributed by atoms with E-state index in [1.165, 1.54) is 62.4 Å². The molecule has 0 atom stereocenters. The van der Waals surface area contributed by atoms with Crippen LogP contribution >= 0.6 is 0 Å². The molecule has 2 heteroatoms. The maximum atomic E-state index is 2.57. The van der Waals surface area contributed by atoms with Gasteiger partial charge in [-0.15, -0.1) is 0 Å². The van der Waals surface area contributed by atoms with Crippen LogP contribution in [0.4, 0.5) is 0 Å². The van der Waals surface area contributed by atoms with E-state index < -0.39 is 0 Å². The van der Waals surface area contributed by atoms with Gasteiger partial charge < -0.3 is 9.80 Å². The Labute approximate surface area is 110 Å². The highest BCUT2D eigenvalue weighted by Crippen LogP contribution is 2.29. The molecule has 3 rings (SSSR count). The second kappa shape index (κ2) is 5.15. The zero-order valence-corrected chi connectivity index (χ0v) is 11.2. The summed E-state index contributed by atoms with van der Waals surface area (Å²) in [4.78, 5) is 5.11. The highest BCUT2D eigenvalue weighted by atomic mass is 15.3. The molecule has 96 valence electrons. The lowest BCUT2D eigenvalue weighted by Crippen LogP contribution is -2.45. The fourth-order valence-corrected chi connectivity index (χ4v) is 3.07. The smallest absolute Gasteiger partial charge is 0.0403 e. The molecule has 0 N–H and O–H groups in total. The van der Waals surface area contributed by atoms with E-state index in [9.17, 15) is 0 Å². The van der Waals surface area contributed by atoms with E-state index in [2.05, 4.69) is 47.1 Å². The van der Waals surface area contributed by atoms with Crippen molar-refractivity contribution in [2.45, 2.75) is 19.8 Å². The van der Waals surface area contributed by atoms with Crippen LogP contribution in [0, 0.1) is 0 Å². The van der Waals surface area contributed by atoms with E-state index in [4.69, 9.17) is 0 Å². The molecule has 1 fully saturated rings. The summed E-state index contributed by atoms with van der Waals surface area (Å²) in [6.07, 6.45) is 4.83. The van der Waals surface area contributed by atoms with Crippen molar-refractivity contribution in [3.63, 3.8) is 0 Å². The Morgan fingerprint density at radius 1 is 1.06 bits per heavy atom. The fraction of sp³-hybridized carbons (Fsp3) is 0.500. The van der Waals surface area contributed by atoms with Crippen molar-refractivity contribution < 1.29 is 0 Å². The van der Waals surface area contributed by atoms with Gasteiger partial charge in [0.15, 0.2) is 0 Å². The van der Waals surface area contributed by atoms with Crippen LogP contribution in [0.15, 0.2) is 30.3 Å². The minimum atomic E-state index is 1.17. The first-order valence-electron chi connectivity index (χ1n) is 7.14. The molecule has 1 aromatic carbocycles. The van der Waals surface area contributed by atoms with Gasteiger partial charge in [-0.1, -0.05) is 37.3 Å². The van der Waals surface area contributed by atoms with Gasteiger partial charge in [0.2, 0.25) is 0 Å². The number of likely N-dealkylation sites (N-methyl/N-ethyl adjacent to an activating group) is 1. The molecule has 0 amide bonds. The van der Waals surface area contributed by atoms with E-state index in [-0.39, 0.29) is 0 Å². The average Bonchev–Trinajstić information content (AvgIpc) is 2.47. The summed E-state index contributed by atoms with van der Waals surface area (Å²) in [7, 11) is 0. The highest BCUT2D eigenvalue weighted by Gasteiger charge is 2.21. The maximum absolute atomic E-state index is 2.57. The van der Waals surface area contributed by atoms with Gasteiger partial charge in [0.05, 0.1) is 0 Å². The number of hydrogen-bond acceptors (Lipinski definition) is 2. The Bertz CT molecular complexity index is 442. The molecule has 1 aromatic rings. The Morgan fingerprint density at radius 3 is 2.61 bits per heavy atom. The average molecular weight is 242 g/mol. The monoisotopic (exact) mass is 242 g/mol. The summed E-state index contributed by atoms with van der Waals surface area (Å²) in [5, 5.41) is 0. The van der Waals surface area contributed by atoms with E-state index in [1.807, 2.05) is 0 Å². The zero-order chi connectivity index (χ0) is 12.4. The molecule has 1 aliphatic heterocycles. The molecular formula is C16H22N2. The van der Waals surface area contributed by atoms with Gasteiger partial charge in [0, 0.05) is 37.4 Å². The van der Waals surface area contributed by atoms with Gasteiger partial charge in [-0.05, 0) is 24.9 Å². The summed E-state index contributed by atoms with van der Waals surface area (Å²) in [6, 6.07) is 8.90. The van der Waals surface area contributed by atoms with Crippen molar-refractivity contribution >= 4 is 5.70 Å². The van der Waals surface area contributed by atoms with Crippen LogP contribution in [0.5, 0.6) is 0 Å². The number of benzene rings is 1. The molecule has 2 aliphatic rings. The molecule has 0 unspecified atom stereocenters. The van der Waals surface area contributed by atoms with E-state index >= 15 is 0 Å². The van der Waals surface area contributed by atoms with Crippen LogP contribution in [0.25, 0.3) is 5.70 Å². The third kappa shape index (κ3) is 2.17. The molecule has 1 saturated heterocycles. The first-order valence-corrected chi connectivity index (χ1v) is 7.14. The first kappa shape index (κ1) is 11.8. The third-order valence-electron chi connectivity index (χ3n) is 4.20. The van der Waals surface area contributed by atoms with Crippen molar-refractivity contribution in [2.75, 3.05) is 32.7 Å². The number of hydrogen-bond donors (Lipinski definition) is 0. The quantitative estimate of drug-likeness (QED) is 0.786. The number of rotatable bonds is 2. The number of allylic oxidation sites excluding steroid dienone is 1. The number of aryl methyl sites for hydroxylation is 1. The largest absolute Gasteiger partial charge is 0.369 e. The topological polar surface area (TPSA) is 6.48 Å². The Balaban J connectivity index is 1.79. The molecule has 1 aliphatic carbocycles. The third-order valence-corrected chi connectivity index (χ3v) is 4.20. The van der Waals surface area contributed by atoms with Gasteiger partial charge >= 0.3 is 0 Å². The first-order chi connectivity index (χ1) is 8.88. The van der Waals surface area contributed by atoms with Gasteiger partial charge in [-0.3, -0.25) is 0 Å². The molecule has 18 heavy (non-hydrogen) atoms. The molecular weight excluding hydrogens is 220 g/mol. The summed E-state index contributed by atoms with van der Waals surface area (Å²) in [5.74, 6) is 0. The Morgan fingerprint density at radius 2 is 1.83 bits per heavy atom. The normalized spacial score (nSPS) is 20.5. The predicted octanol–water partition coefficient (Wildman–Crippen LogP) is 2.61. The molecule has 0 saturated carbocycles. The van der Waals surface area contributed by atoms with Gasteiger partial charge in [0.1, 0.15) is 0 Å². The standard InChI is InChI=1S/C16H22N2/c1-2-17-10-12-18(13-11-17)16-9-5-7-14-6-3-4-8-15(14)16/h3-4,6,8-9H,2,5,7,10-13H2,1H3. The minimum Gasteiger partial charge on any atom is -0.369 e. The number of nitrogens with zero attached hydrogens (tertiary/aromatic N) is 2. The molecule has 0 bridgehead atoms. The SMILES string of the molecule is CCN1CCN(C2=CCCc3ccccc32)CC1. The van der Waals surface area contributed by atoms with E-state index in [0.29, 0.717) is 0 Å². The van der Waals surface area contributed by atoms with Gasteiger partial charge in [-0.2, -0.15) is 0 Å². The Kier molecular flexibility index (Phi) is 3.37. The van der Waals surface area contributed by atoms with Gasteiger partial charge in [-0.25, -0.2) is 0 Å². The van der Waals surface area contributed by atoms with Crippen LogP contribution in [-0.2, 0) is 6.42 Å². The molecule has 2 nitrogen and oxygen atoms in total. The molecule has 0 aromatic heterocycles. The van der Waals surface area contributed by atoms with Crippen LogP contribution in [-0.4, -0.2) is 42.5 Å². The number of fused-ring (bicyclic) bond motifs is 1. The summed E-state index contributed by atoms with van der Waals surface area (Å²) in [6.45, 7) is 8.20. The molecule has 0 radical (unpaired) electrons. The van der Waals surface area contributed by atoms with Crippen LogP contribution in [0.1, 0.15) is 24.5 Å².